The number of anilines is 2. The first-order valence-electron chi connectivity index (χ1n) is 12.3. The molecule has 0 fully saturated rings. The number of nitrogens with zero attached hydrogens (tertiary/aromatic N) is 1. The van der Waals surface area contributed by atoms with Crippen LogP contribution in [0.5, 0.6) is 0 Å². The van der Waals surface area contributed by atoms with Gasteiger partial charge in [0, 0.05) is 20.2 Å². The highest BCUT2D eigenvalue weighted by Crippen LogP contribution is 2.30. The standard InChI is InChI=1S/C28H37N3O6/c1-28(2,3)15-14-22(32)23(33)24(34)25(37-4)27(36)30-20-17-31(16-18-10-6-5-7-11-18)21-13-9-8-12-19(21)29-26(20)35/h5-15,20,22-25,32-34H,16-17H2,1-4H3,(H,29,35)(H,30,36)/b15-14+/t20-,22+,23-,24+,25+/m0/s1. The third-order valence-electron chi connectivity index (χ3n) is 6.07. The Balaban J connectivity index is 1.76. The number of methoxy groups -OCH3 is 1. The molecule has 3 rings (SSSR count). The maximum atomic E-state index is 13.1. The third-order valence-corrected chi connectivity index (χ3v) is 6.07. The van der Waals surface area contributed by atoms with Gasteiger partial charge in [-0.15, -0.1) is 0 Å². The third kappa shape index (κ3) is 7.62. The van der Waals surface area contributed by atoms with Crippen LogP contribution in [0.3, 0.4) is 0 Å². The summed E-state index contributed by atoms with van der Waals surface area (Å²) in [6.07, 6.45) is -3.29. The topological polar surface area (TPSA) is 131 Å². The van der Waals surface area contributed by atoms with Crippen molar-refractivity contribution in [2.24, 2.45) is 5.41 Å². The molecule has 0 unspecified atom stereocenters. The molecule has 9 heteroatoms. The molecule has 1 aliphatic heterocycles. The summed E-state index contributed by atoms with van der Waals surface area (Å²) in [5.41, 5.74) is 2.21. The molecule has 2 amide bonds. The molecule has 0 bridgehead atoms. The average Bonchev–Trinajstić information content (AvgIpc) is 2.98. The van der Waals surface area contributed by atoms with Gasteiger partial charge in [-0.2, -0.15) is 0 Å². The van der Waals surface area contributed by atoms with Crippen molar-refractivity contribution in [1.82, 2.24) is 5.32 Å². The van der Waals surface area contributed by atoms with Crippen molar-refractivity contribution in [3.63, 3.8) is 0 Å². The van der Waals surface area contributed by atoms with Crippen molar-refractivity contribution >= 4 is 23.2 Å². The number of aliphatic hydroxyl groups excluding tert-OH is 3. The minimum Gasteiger partial charge on any atom is -0.387 e. The highest BCUT2D eigenvalue weighted by Gasteiger charge is 2.38. The number of hydrogen-bond donors (Lipinski definition) is 5. The molecule has 9 nitrogen and oxygen atoms in total. The van der Waals surface area contributed by atoms with E-state index < -0.39 is 42.3 Å². The molecule has 2 aromatic carbocycles. The number of amides is 2. The number of carbonyl (C=O) groups is 2. The van der Waals surface area contributed by atoms with Gasteiger partial charge < -0.3 is 35.6 Å². The molecule has 0 aromatic heterocycles. The molecule has 5 N–H and O–H groups in total. The lowest BCUT2D eigenvalue weighted by Gasteiger charge is -2.30. The van der Waals surface area contributed by atoms with Crippen LogP contribution >= 0.6 is 0 Å². The first-order valence-corrected chi connectivity index (χ1v) is 12.3. The molecular formula is C28H37N3O6. The Morgan fingerprint density at radius 3 is 2.41 bits per heavy atom. The van der Waals surface area contributed by atoms with E-state index in [9.17, 15) is 24.9 Å². The van der Waals surface area contributed by atoms with Crippen molar-refractivity contribution in [2.45, 2.75) is 57.8 Å². The Labute approximate surface area is 217 Å². The minimum absolute atomic E-state index is 0.162. The van der Waals surface area contributed by atoms with Gasteiger partial charge in [0.25, 0.3) is 5.91 Å². The van der Waals surface area contributed by atoms with E-state index in [2.05, 4.69) is 10.6 Å². The van der Waals surface area contributed by atoms with Crippen molar-refractivity contribution in [3.8, 4) is 0 Å². The number of benzene rings is 2. The van der Waals surface area contributed by atoms with Gasteiger partial charge in [0.1, 0.15) is 24.4 Å². The van der Waals surface area contributed by atoms with Crippen molar-refractivity contribution < 1.29 is 29.6 Å². The van der Waals surface area contributed by atoms with E-state index in [-0.39, 0.29) is 12.0 Å². The number of fused-ring (bicyclic) bond motifs is 1. The number of aliphatic hydroxyl groups is 3. The Morgan fingerprint density at radius 1 is 1.11 bits per heavy atom. The normalized spacial score (nSPS) is 19.4. The van der Waals surface area contributed by atoms with E-state index in [0.29, 0.717) is 12.2 Å². The largest absolute Gasteiger partial charge is 0.387 e. The molecule has 0 saturated carbocycles. The molecule has 37 heavy (non-hydrogen) atoms. The average molecular weight is 512 g/mol. The molecule has 1 heterocycles. The summed E-state index contributed by atoms with van der Waals surface area (Å²) < 4.78 is 5.18. The Hall–Kier alpha value is -3.24. The van der Waals surface area contributed by atoms with Gasteiger partial charge in [0.2, 0.25) is 5.91 Å². The van der Waals surface area contributed by atoms with Crippen LogP contribution in [-0.2, 0) is 20.9 Å². The van der Waals surface area contributed by atoms with E-state index in [4.69, 9.17) is 4.74 Å². The van der Waals surface area contributed by atoms with Gasteiger partial charge in [0.05, 0.1) is 11.4 Å². The summed E-state index contributed by atoms with van der Waals surface area (Å²) in [5, 5.41) is 36.9. The van der Waals surface area contributed by atoms with Gasteiger partial charge in [-0.05, 0) is 23.1 Å². The SMILES string of the molecule is CO[C@@H](C(=O)N[C@H]1CN(Cc2ccccc2)c2ccccc2NC1=O)[C@H](O)[C@@H](O)[C@H](O)/C=C/C(C)(C)C. The highest BCUT2D eigenvalue weighted by atomic mass is 16.5. The first kappa shape index (κ1) is 28.3. The zero-order valence-corrected chi connectivity index (χ0v) is 21.7. The van der Waals surface area contributed by atoms with Crippen LogP contribution in [0.1, 0.15) is 26.3 Å². The van der Waals surface area contributed by atoms with E-state index in [0.717, 1.165) is 11.3 Å². The molecular weight excluding hydrogens is 474 g/mol. The number of nitrogens with one attached hydrogen (secondary N) is 2. The first-order chi connectivity index (χ1) is 17.5. The molecule has 0 aliphatic carbocycles. The quantitative estimate of drug-likeness (QED) is 0.325. The summed E-state index contributed by atoms with van der Waals surface area (Å²) in [7, 11) is 1.21. The predicted octanol–water partition coefficient (Wildman–Crippen LogP) is 1.83. The van der Waals surface area contributed by atoms with Crippen LogP contribution in [0, 0.1) is 5.41 Å². The molecule has 0 saturated heterocycles. The summed E-state index contributed by atoms with van der Waals surface area (Å²) >= 11 is 0. The van der Waals surface area contributed by atoms with Crippen LogP contribution in [0.2, 0.25) is 0 Å². The van der Waals surface area contributed by atoms with Crippen molar-refractivity contribution in [2.75, 3.05) is 23.9 Å². The lowest BCUT2D eigenvalue weighted by Crippen LogP contribution is -2.56. The second-order valence-electron chi connectivity index (χ2n) is 10.3. The van der Waals surface area contributed by atoms with Crippen LogP contribution in [-0.4, -0.2) is 71.2 Å². The smallest absolute Gasteiger partial charge is 0.252 e. The molecule has 0 radical (unpaired) electrons. The summed E-state index contributed by atoms with van der Waals surface area (Å²) in [6.45, 7) is 6.42. The Kier molecular flexibility index (Phi) is 9.45. The summed E-state index contributed by atoms with van der Waals surface area (Å²) in [4.78, 5) is 28.2. The summed E-state index contributed by atoms with van der Waals surface area (Å²) in [5.74, 6) is -1.21. The molecule has 0 spiro atoms. The fraction of sp³-hybridized carbons (Fsp3) is 0.429. The molecule has 2 aromatic rings. The Morgan fingerprint density at radius 2 is 1.76 bits per heavy atom. The Bertz CT molecular complexity index is 1080. The second kappa shape index (κ2) is 12.3. The van der Waals surface area contributed by atoms with Crippen molar-refractivity contribution in [1.29, 1.82) is 0 Å². The maximum absolute atomic E-state index is 13.1. The van der Waals surface area contributed by atoms with Gasteiger partial charge in [-0.1, -0.05) is 75.4 Å². The van der Waals surface area contributed by atoms with Gasteiger partial charge in [-0.25, -0.2) is 0 Å². The second-order valence-corrected chi connectivity index (χ2v) is 10.3. The number of ether oxygens (including phenoxy) is 1. The van der Waals surface area contributed by atoms with Crippen molar-refractivity contribution in [3.05, 3.63) is 72.3 Å². The van der Waals surface area contributed by atoms with Crippen LogP contribution in [0.25, 0.3) is 0 Å². The number of hydrogen-bond acceptors (Lipinski definition) is 7. The van der Waals surface area contributed by atoms with Gasteiger partial charge in [0.15, 0.2) is 6.10 Å². The van der Waals surface area contributed by atoms with Crippen LogP contribution in [0.15, 0.2) is 66.7 Å². The molecule has 200 valence electrons. The maximum Gasteiger partial charge on any atom is 0.252 e. The monoisotopic (exact) mass is 511 g/mol. The van der Waals surface area contributed by atoms with Crippen LogP contribution < -0.4 is 15.5 Å². The van der Waals surface area contributed by atoms with E-state index in [1.54, 1.807) is 12.1 Å². The minimum atomic E-state index is -1.74. The lowest BCUT2D eigenvalue weighted by molar-refractivity contribution is -0.150. The zero-order valence-electron chi connectivity index (χ0n) is 21.7. The van der Waals surface area contributed by atoms with Crippen LogP contribution in [0.4, 0.5) is 11.4 Å². The fourth-order valence-corrected chi connectivity index (χ4v) is 4.08. The fourth-order valence-electron chi connectivity index (χ4n) is 4.08. The predicted molar refractivity (Wildman–Crippen MR) is 142 cm³/mol. The molecule has 5 atom stereocenters. The van der Waals surface area contributed by atoms with E-state index in [1.165, 1.54) is 13.2 Å². The van der Waals surface area contributed by atoms with Gasteiger partial charge in [-0.3, -0.25) is 9.59 Å². The number of para-hydroxylation sites is 2. The van der Waals surface area contributed by atoms with Gasteiger partial charge >= 0.3 is 0 Å². The number of allylic oxidation sites excluding steroid dienone is 1. The van der Waals surface area contributed by atoms with E-state index >= 15 is 0 Å². The highest BCUT2D eigenvalue weighted by molar-refractivity contribution is 6.01. The summed E-state index contributed by atoms with van der Waals surface area (Å²) in [6, 6.07) is 16.2. The number of rotatable bonds is 9. The molecule has 1 aliphatic rings. The van der Waals surface area contributed by atoms with E-state index in [1.807, 2.05) is 74.2 Å². The number of carbonyl (C=O) groups excluding carboxylic acids is 2. The zero-order chi connectivity index (χ0) is 27.2. The lowest BCUT2D eigenvalue weighted by atomic mass is 9.94.